The number of aryl methyl sites for hydroxylation is 1. The van der Waals surface area contributed by atoms with Crippen molar-refractivity contribution >= 4 is 22.8 Å². The number of nitrogens with one attached hydrogen (secondary N) is 2. The van der Waals surface area contributed by atoms with Crippen molar-refractivity contribution < 1.29 is 0 Å². The SMILES string of the molecule is CC(C)CCN=C(N)NCCNc1ncnc2c1cnn2C. The highest BCUT2D eigenvalue weighted by Gasteiger charge is 2.06. The first-order valence-corrected chi connectivity index (χ1v) is 7.48. The van der Waals surface area contributed by atoms with E-state index in [0.29, 0.717) is 25.0 Å². The molecule has 0 aromatic carbocycles. The van der Waals surface area contributed by atoms with E-state index in [0.717, 1.165) is 29.8 Å². The minimum atomic E-state index is 0.483. The Bertz CT molecular complexity index is 631. The van der Waals surface area contributed by atoms with Gasteiger partial charge in [-0.2, -0.15) is 5.10 Å². The van der Waals surface area contributed by atoms with Crippen molar-refractivity contribution in [1.29, 1.82) is 0 Å². The molecule has 0 radical (unpaired) electrons. The molecule has 0 amide bonds. The van der Waals surface area contributed by atoms with E-state index in [1.807, 2.05) is 7.05 Å². The zero-order valence-electron chi connectivity index (χ0n) is 13.4. The van der Waals surface area contributed by atoms with Crippen LogP contribution in [0.15, 0.2) is 17.5 Å². The number of aliphatic imine (C=N–C) groups is 1. The highest BCUT2D eigenvalue weighted by molar-refractivity contribution is 5.86. The fourth-order valence-electron chi connectivity index (χ4n) is 1.97. The fraction of sp³-hybridized carbons (Fsp3) is 0.571. The number of nitrogens with zero attached hydrogens (tertiary/aromatic N) is 5. The molecule has 0 unspecified atom stereocenters. The van der Waals surface area contributed by atoms with Gasteiger partial charge in [0.2, 0.25) is 0 Å². The van der Waals surface area contributed by atoms with E-state index < -0.39 is 0 Å². The van der Waals surface area contributed by atoms with Crippen LogP contribution in [0.2, 0.25) is 0 Å². The van der Waals surface area contributed by atoms with E-state index in [1.54, 1.807) is 10.9 Å². The van der Waals surface area contributed by atoms with Gasteiger partial charge in [0.05, 0.1) is 11.6 Å². The molecule has 22 heavy (non-hydrogen) atoms. The number of nitrogens with two attached hydrogens (primary N) is 1. The molecule has 4 N–H and O–H groups in total. The monoisotopic (exact) mass is 304 g/mol. The average molecular weight is 304 g/mol. The second-order valence-corrected chi connectivity index (χ2v) is 5.53. The maximum Gasteiger partial charge on any atom is 0.188 e. The number of hydrogen-bond donors (Lipinski definition) is 3. The van der Waals surface area contributed by atoms with E-state index in [-0.39, 0.29) is 0 Å². The zero-order valence-corrected chi connectivity index (χ0v) is 13.4. The molecule has 0 saturated carbocycles. The summed E-state index contributed by atoms with van der Waals surface area (Å²) in [5.41, 5.74) is 6.61. The third kappa shape index (κ3) is 4.31. The molecule has 2 aromatic rings. The topological polar surface area (TPSA) is 106 Å². The fourth-order valence-corrected chi connectivity index (χ4v) is 1.97. The second kappa shape index (κ2) is 7.58. The van der Waals surface area contributed by atoms with Gasteiger partial charge in [0.15, 0.2) is 11.6 Å². The summed E-state index contributed by atoms with van der Waals surface area (Å²) in [4.78, 5) is 12.7. The van der Waals surface area contributed by atoms with Crippen LogP contribution < -0.4 is 16.4 Å². The molecule has 8 heteroatoms. The van der Waals surface area contributed by atoms with E-state index in [9.17, 15) is 0 Å². The number of anilines is 1. The van der Waals surface area contributed by atoms with Gasteiger partial charge in [0, 0.05) is 26.7 Å². The van der Waals surface area contributed by atoms with E-state index in [2.05, 4.69) is 44.5 Å². The third-order valence-corrected chi connectivity index (χ3v) is 3.24. The highest BCUT2D eigenvalue weighted by Crippen LogP contribution is 2.16. The van der Waals surface area contributed by atoms with Crippen LogP contribution in [0.4, 0.5) is 5.82 Å². The van der Waals surface area contributed by atoms with Gasteiger partial charge in [-0.05, 0) is 12.3 Å². The molecule has 2 rings (SSSR count). The number of hydrogen-bond acceptors (Lipinski definition) is 5. The maximum absolute atomic E-state index is 5.81. The van der Waals surface area contributed by atoms with Crippen molar-refractivity contribution in [3.8, 4) is 0 Å². The van der Waals surface area contributed by atoms with Crippen molar-refractivity contribution in [2.75, 3.05) is 25.0 Å². The standard InChI is InChI=1S/C14H24N8/c1-10(2)4-5-17-14(15)18-7-6-16-12-11-8-21-22(3)13(11)20-9-19-12/h8-10H,4-7H2,1-3H3,(H3,15,17,18)(H,16,19,20). The molecule has 0 aliphatic rings. The molecule has 0 bridgehead atoms. The van der Waals surface area contributed by atoms with Gasteiger partial charge in [-0.25, -0.2) is 9.97 Å². The molecule has 0 saturated heterocycles. The normalized spacial score (nSPS) is 12.1. The molecule has 2 heterocycles. The second-order valence-electron chi connectivity index (χ2n) is 5.53. The molecule has 8 nitrogen and oxygen atoms in total. The van der Waals surface area contributed by atoms with Crippen molar-refractivity contribution in [1.82, 2.24) is 25.1 Å². The van der Waals surface area contributed by atoms with Crippen LogP contribution in [0.3, 0.4) is 0 Å². The molecule has 0 aliphatic carbocycles. The van der Waals surface area contributed by atoms with Crippen molar-refractivity contribution in [3.05, 3.63) is 12.5 Å². The zero-order chi connectivity index (χ0) is 15.9. The molecule has 0 atom stereocenters. The summed E-state index contributed by atoms with van der Waals surface area (Å²) in [6.45, 7) is 6.45. The van der Waals surface area contributed by atoms with E-state index >= 15 is 0 Å². The summed E-state index contributed by atoms with van der Waals surface area (Å²) in [5.74, 6) is 1.89. The summed E-state index contributed by atoms with van der Waals surface area (Å²) in [6, 6.07) is 0. The molecule has 0 fully saturated rings. The Kier molecular flexibility index (Phi) is 5.51. The first-order chi connectivity index (χ1) is 10.6. The van der Waals surface area contributed by atoms with Gasteiger partial charge in [0.25, 0.3) is 0 Å². The largest absolute Gasteiger partial charge is 0.370 e. The van der Waals surface area contributed by atoms with Crippen LogP contribution >= 0.6 is 0 Å². The van der Waals surface area contributed by atoms with Gasteiger partial charge in [-0.15, -0.1) is 0 Å². The van der Waals surface area contributed by atoms with Gasteiger partial charge in [-0.3, -0.25) is 9.67 Å². The Morgan fingerprint density at radius 2 is 2.18 bits per heavy atom. The van der Waals surface area contributed by atoms with Gasteiger partial charge >= 0.3 is 0 Å². The van der Waals surface area contributed by atoms with Crippen molar-refractivity contribution in [3.63, 3.8) is 0 Å². The van der Waals surface area contributed by atoms with E-state index in [1.165, 1.54) is 6.33 Å². The average Bonchev–Trinajstić information content (AvgIpc) is 2.86. The Labute approximate surface area is 130 Å². The van der Waals surface area contributed by atoms with Crippen molar-refractivity contribution in [2.24, 2.45) is 23.7 Å². The minimum absolute atomic E-state index is 0.483. The summed E-state index contributed by atoms with van der Waals surface area (Å²) in [5, 5.41) is 11.4. The lowest BCUT2D eigenvalue weighted by Crippen LogP contribution is -2.35. The first kappa shape index (κ1) is 16.0. The molecule has 2 aromatic heterocycles. The first-order valence-electron chi connectivity index (χ1n) is 7.48. The Balaban J connectivity index is 1.78. The molecular formula is C14H24N8. The van der Waals surface area contributed by atoms with Gasteiger partial charge < -0.3 is 16.4 Å². The molecule has 120 valence electrons. The smallest absolute Gasteiger partial charge is 0.188 e. The predicted molar refractivity (Wildman–Crippen MR) is 88.7 cm³/mol. The van der Waals surface area contributed by atoms with Crippen LogP contribution in [-0.2, 0) is 7.05 Å². The minimum Gasteiger partial charge on any atom is -0.370 e. The Morgan fingerprint density at radius 3 is 2.95 bits per heavy atom. The van der Waals surface area contributed by atoms with Crippen LogP contribution in [0, 0.1) is 5.92 Å². The number of aromatic nitrogens is 4. The van der Waals surface area contributed by atoms with Crippen LogP contribution in [0.5, 0.6) is 0 Å². The lowest BCUT2D eigenvalue weighted by Gasteiger charge is -2.08. The summed E-state index contributed by atoms with van der Waals surface area (Å²) < 4.78 is 1.72. The van der Waals surface area contributed by atoms with Gasteiger partial charge in [0.1, 0.15) is 12.1 Å². The summed E-state index contributed by atoms with van der Waals surface area (Å²) in [7, 11) is 1.86. The van der Waals surface area contributed by atoms with Crippen LogP contribution in [-0.4, -0.2) is 45.3 Å². The molecule has 0 aliphatic heterocycles. The quantitative estimate of drug-likeness (QED) is 0.395. The highest BCUT2D eigenvalue weighted by atomic mass is 15.3. The number of fused-ring (bicyclic) bond motifs is 1. The number of guanidine groups is 1. The lowest BCUT2D eigenvalue weighted by molar-refractivity contribution is 0.595. The van der Waals surface area contributed by atoms with Crippen LogP contribution in [0.25, 0.3) is 11.0 Å². The third-order valence-electron chi connectivity index (χ3n) is 3.24. The lowest BCUT2D eigenvalue weighted by atomic mass is 10.1. The summed E-state index contributed by atoms with van der Waals surface area (Å²) in [6.07, 6.45) is 4.33. The molecule has 0 spiro atoms. The van der Waals surface area contributed by atoms with Crippen LogP contribution in [0.1, 0.15) is 20.3 Å². The summed E-state index contributed by atoms with van der Waals surface area (Å²) >= 11 is 0. The van der Waals surface area contributed by atoms with Crippen molar-refractivity contribution in [2.45, 2.75) is 20.3 Å². The molecular weight excluding hydrogens is 280 g/mol. The van der Waals surface area contributed by atoms with E-state index in [4.69, 9.17) is 5.73 Å². The Morgan fingerprint density at radius 1 is 1.36 bits per heavy atom. The predicted octanol–water partition coefficient (Wildman–Crippen LogP) is 0.726. The number of rotatable bonds is 7. The Hall–Kier alpha value is -2.38. The maximum atomic E-state index is 5.81. The van der Waals surface area contributed by atoms with Gasteiger partial charge in [-0.1, -0.05) is 13.8 Å².